The van der Waals surface area contributed by atoms with Crippen LogP contribution in [0.1, 0.15) is 0 Å². The summed E-state index contributed by atoms with van der Waals surface area (Å²) in [7, 11) is 0. The molecule has 5 heteroatoms. The van der Waals surface area contributed by atoms with Gasteiger partial charge in [0.05, 0.1) is 0 Å². The van der Waals surface area contributed by atoms with Crippen LogP contribution < -0.4 is 5.32 Å². The molecule has 0 radical (unpaired) electrons. The van der Waals surface area contributed by atoms with Gasteiger partial charge in [-0.05, 0) is 11.6 Å². The Kier molecular flexibility index (Phi) is 3.33. The second-order valence-corrected chi connectivity index (χ2v) is 2.21. The number of hydrogen-bond donors (Lipinski definition) is 2. The number of hydrogen-bond acceptors (Lipinski definition) is 2. The monoisotopic (exact) mass is 155 g/mol. The van der Waals surface area contributed by atoms with Crippen molar-refractivity contribution < 1.29 is 4.79 Å². The van der Waals surface area contributed by atoms with Crippen molar-refractivity contribution in [3.05, 3.63) is 0 Å². The molecule has 1 N–H and O–H groups in total. The normalized spacial score (nSPS) is 7.71. The van der Waals surface area contributed by atoms with Crippen molar-refractivity contribution in [2.24, 2.45) is 0 Å². The van der Waals surface area contributed by atoms with Crippen molar-refractivity contribution in [3.63, 3.8) is 0 Å². The van der Waals surface area contributed by atoms with Gasteiger partial charge in [0.1, 0.15) is 4.32 Å². The maximum absolute atomic E-state index is 9.77. The van der Waals surface area contributed by atoms with Gasteiger partial charge in [0.15, 0.2) is 0 Å². The Balaban J connectivity index is 3.32. The van der Waals surface area contributed by atoms with Crippen LogP contribution in [-0.4, -0.2) is 9.69 Å². The predicted molar refractivity (Wildman–Crippen MR) is 36.0 cm³/mol. The van der Waals surface area contributed by atoms with Crippen molar-refractivity contribution in [2.45, 2.75) is 0 Å². The van der Waals surface area contributed by atoms with E-state index in [0.29, 0.717) is 0 Å². The first-order chi connectivity index (χ1) is 3.13. The minimum atomic E-state index is -0.708. The molecule has 0 aromatic rings. The van der Waals surface area contributed by atoms with Gasteiger partial charge in [-0.25, -0.2) is 0 Å². The molecule has 0 rings (SSSR count). The Morgan fingerprint density at radius 2 is 2.29 bits per heavy atom. The second kappa shape index (κ2) is 3.23. The van der Waals surface area contributed by atoms with Gasteiger partial charge < -0.3 is 0 Å². The summed E-state index contributed by atoms with van der Waals surface area (Å²) >= 11 is 12.7. The summed E-state index contributed by atoms with van der Waals surface area (Å²) in [6.07, 6.45) is 0. The van der Waals surface area contributed by atoms with E-state index in [1.165, 1.54) is 0 Å². The van der Waals surface area contributed by atoms with Crippen LogP contribution in [0.2, 0.25) is 0 Å². The molecule has 40 valence electrons. The van der Waals surface area contributed by atoms with Crippen LogP contribution in [0.15, 0.2) is 0 Å². The van der Waals surface area contributed by atoms with E-state index >= 15 is 0 Å². The number of halogens is 1. The summed E-state index contributed by atoms with van der Waals surface area (Å²) in [5, 5.41) is 1.32. The van der Waals surface area contributed by atoms with Gasteiger partial charge in [0, 0.05) is 0 Å². The highest BCUT2D eigenvalue weighted by Gasteiger charge is 1.90. The van der Waals surface area contributed by atoms with E-state index in [-0.39, 0.29) is 4.32 Å². The minimum Gasteiger partial charge on any atom is -0.298 e. The lowest BCUT2D eigenvalue weighted by Gasteiger charge is -1.88. The third-order valence-corrected chi connectivity index (χ3v) is 0.514. The van der Waals surface area contributed by atoms with Crippen LogP contribution in [-0.2, 0) is 0 Å². The topological polar surface area (TPSA) is 29.1 Å². The first-order valence-electron chi connectivity index (χ1n) is 1.32. The summed E-state index contributed by atoms with van der Waals surface area (Å²) < 4.78 is 0.0833. The predicted octanol–water partition coefficient (Wildman–Crippen LogP) is 1.15. The van der Waals surface area contributed by atoms with Crippen molar-refractivity contribution in [1.29, 1.82) is 0 Å². The van der Waals surface area contributed by atoms with E-state index in [4.69, 9.17) is 11.6 Å². The van der Waals surface area contributed by atoms with Crippen LogP contribution >= 0.6 is 36.4 Å². The van der Waals surface area contributed by atoms with Gasteiger partial charge in [0.2, 0.25) is 0 Å². The number of rotatable bonds is 0. The van der Waals surface area contributed by atoms with Crippen LogP contribution in [0.4, 0.5) is 4.79 Å². The summed E-state index contributed by atoms with van der Waals surface area (Å²) in [6, 6.07) is 0. The number of carbonyl (C=O) groups excluding carboxylic acids is 1. The van der Waals surface area contributed by atoms with Crippen molar-refractivity contribution in [3.8, 4) is 0 Å². The number of thiocarbonyl (C=S) groups is 1. The molecule has 0 spiro atoms. The lowest BCUT2D eigenvalue weighted by molar-refractivity contribution is 0.263. The Morgan fingerprint density at radius 1 is 1.86 bits per heavy atom. The van der Waals surface area contributed by atoms with E-state index in [1.807, 2.05) is 5.32 Å². The van der Waals surface area contributed by atoms with Crippen LogP contribution in [0.3, 0.4) is 0 Å². The van der Waals surface area contributed by atoms with Gasteiger partial charge in [-0.2, -0.15) is 0 Å². The summed E-state index contributed by atoms with van der Waals surface area (Å²) in [4.78, 5) is 9.77. The molecule has 7 heavy (non-hydrogen) atoms. The first-order valence-corrected chi connectivity index (χ1v) is 2.55. The zero-order valence-corrected chi connectivity index (χ0v) is 5.61. The molecular formula is C2H2ClNOS2. The second-order valence-electron chi connectivity index (χ2n) is 0.704. The molecule has 2 nitrogen and oxygen atoms in total. The molecule has 1 amide bonds. The molecule has 0 aliphatic rings. The average Bonchev–Trinajstić information content (AvgIpc) is 1.27. The van der Waals surface area contributed by atoms with Gasteiger partial charge in [-0.15, -0.1) is 12.6 Å². The van der Waals surface area contributed by atoms with Crippen LogP contribution in [0, 0.1) is 0 Å². The molecule has 0 unspecified atom stereocenters. The summed E-state index contributed by atoms with van der Waals surface area (Å²) in [6.45, 7) is 0. The zero-order chi connectivity index (χ0) is 5.86. The van der Waals surface area contributed by atoms with Gasteiger partial charge in [-0.3, -0.25) is 10.1 Å². The molecule has 0 heterocycles. The quantitative estimate of drug-likeness (QED) is 0.238. The fraction of sp³-hybridized carbons (Fsp3) is 0. The minimum absolute atomic E-state index is 0.0833. The molecular weight excluding hydrogens is 154 g/mol. The van der Waals surface area contributed by atoms with E-state index in [1.54, 1.807) is 0 Å². The Bertz CT molecular complexity index is 91.9. The number of carbonyl (C=O) groups is 1. The van der Waals surface area contributed by atoms with Crippen LogP contribution in [0.5, 0.6) is 0 Å². The van der Waals surface area contributed by atoms with Gasteiger partial charge in [-0.1, -0.05) is 12.2 Å². The Hall–Kier alpha value is 0.200. The zero-order valence-electron chi connectivity index (χ0n) is 3.14. The van der Waals surface area contributed by atoms with E-state index in [0.717, 1.165) is 0 Å². The smallest absolute Gasteiger partial charge is 0.298 e. The van der Waals surface area contributed by atoms with E-state index in [2.05, 4.69) is 24.8 Å². The lowest BCUT2D eigenvalue weighted by Crippen LogP contribution is -2.18. The highest BCUT2D eigenvalue weighted by molar-refractivity contribution is 8.11. The SMILES string of the molecule is O=C(Cl)NC(=S)S. The standard InChI is InChI=1S/C2H2ClNOS2/c3-1(5)4-2(6)7/h(H2,4,5,6,7). The summed E-state index contributed by atoms with van der Waals surface area (Å²) in [5.41, 5.74) is 0. The molecule has 0 aliphatic carbocycles. The molecule has 0 aromatic carbocycles. The van der Waals surface area contributed by atoms with Crippen molar-refractivity contribution in [2.75, 3.05) is 0 Å². The van der Waals surface area contributed by atoms with E-state index in [9.17, 15) is 4.79 Å². The third kappa shape index (κ3) is 6.20. The number of nitrogens with one attached hydrogen (secondary N) is 1. The van der Waals surface area contributed by atoms with Crippen molar-refractivity contribution >= 4 is 46.1 Å². The molecule has 0 aromatic heterocycles. The van der Waals surface area contributed by atoms with Crippen LogP contribution in [0.25, 0.3) is 0 Å². The molecule has 0 saturated carbocycles. The largest absolute Gasteiger partial charge is 0.319 e. The third-order valence-electron chi connectivity index (χ3n) is 0.205. The van der Waals surface area contributed by atoms with E-state index < -0.39 is 5.37 Å². The fourth-order valence-electron chi connectivity index (χ4n) is 0.0841. The molecule has 0 fully saturated rings. The lowest BCUT2D eigenvalue weighted by atomic mass is 11.2. The first kappa shape index (κ1) is 7.20. The summed E-state index contributed by atoms with van der Waals surface area (Å²) in [5.74, 6) is 0. The number of thiol groups is 1. The molecule has 0 saturated heterocycles. The maximum Gasteiger partial charge on any atom is 0.319 e. The molecule has 0 atom stereocenters. The van der Waals surface area contributed by atoms with Gasteiger partial charge >= 0.3 is 5.37 Å². The molecule has 0 aliphatic heterocycles. The fourth-order valence-corrected chi connectivity index (χ4v) is 0.495. The maximum atomic E-state index is 9.77. The Morgan fingerprint density at radius 3 is 2.29 bits per heavy atom. The number of amides is 1. The van der Waals surface area contributed by atoms with Gasteiger partial charge in [0.25, 0.3) is 0 Å². The average molecular weight is 156 g/mol. The highest BCUT2D eigenvalue weighted by Crippen LogP contribution is 1.81. The van der Waals surface area contributed by atoms with Crippen molar-refractivity contribution in [1.82, 2.24) is 5.32 Å². The highest BCUT2D eigenvalue weighted by atomic mass is 35.5. The molecule has 0 bridgehead atoms. The Labute approximate surface area is 56.6 Å².